The maximum absolute atomic E-state index is 13.3. The molecule has 1 aromatic carbocycles. The van der Waals surface area contributed by atoms with Gasteiger partial charge in [0.2, 0.25) is 0 Å². The number of nitrogens with two attached hydrogens (primary N) is 1. The van der Waals surface area contributed by atoms with Gasteiger partial charge in [0.1, 0.15) is 5.82 Å². The molecule has 0 saturated carbocycles. The molecule has 3 N–H and O–H groups in total. The Labute approximate surface area is 124 Å². The summed E-state index contributed by atoms with van der Waals surface area (Å²) >= 11 is 0. The molecule has 0 aliphatic carbocycles. The average molecular weight is 294 g/mol. The standard InChI is InChI=1S/C15H23FN4O/c1-19-8-10-20(11-9-19)7-3-6-18-15(21)12-4-2-5-13(16)14(12)17/h2,4-5H,3,6-11,17H2,1H3,(H,18,21). The zero-order valence-corrected chi connectivity index (χ0v) is 12.4. The normalized spacial score (nSPS) is 16.9. The number of carbonyl (C=O) groups is 1. The summed E-state index contributed by atoms with van der Waals surface area (Å²) in [7, 11) is 2.13. The zero-order chi connectivity index (χ0) is 15.2. The van der Waals surface area contributed by atoms with Gasteiger partial charge in [-0.3, -0.25) is 4.79 Å². The Kier molecular flexibility index (Phi) is 5.52. The minimum atomic E-state index is -0.555. The van der Waals surface area contributed by atoms with Crippen LogP contribution in [0.4, 0.5) is 10.1 Å². The molecule has 21 heavy (non-hydrogen) atoms. The van der Waals surface area contributed by atoms with E-state index in [2.05, 4.69) is 22.2 Å². The van der Waals surface area contributed by atoms with Crippen molar-refractivity contribution in [1.29, 1.82) is 0 Å². The summed E-state index contributed by atoms with van der Waals surface area (Å²) in [5.74, 6) is -0.870. The summed E-state index contributed by atoms with van der Waals surface area (Å²) in [6, 6.07) is 4.28. The predicted octanol–water partition coefficient (Wildman–Crippen LogP) is 0.775. The summed E-state index contributed by atoms with van der Waals surface area (Å²) < 4.78 is 13.3. The number of likely N-dealkylation sites (N-methyl/N-ethyl adjacent to an activating group) is 1. The van der Waals surface area contributed by atoms with Crippen molar-refractivity contribution in [1.82, 2.24) is 15.1 Å². The summed E-state index contributed by atoms with van der Waals surface area (Å²) in [4.78, 5) is 16.6. The molecule has 2 rings (SSSR count). The van der Waals surface area contributed by atoms with E-state index in [0.717, 1.165) is 39.1 Å². The third-order valence-electron chi connectivity index (χ3n) is 3.83. The predicted molar refractivity (Wildman–Crippen MR) is 81.7 cm³/mol. The first-order valence-electron chi connectivity index (χ1n) is 7.31. The topological polar surface area (TPSA) is 61.6 Å². The van der Waals surface area contributed by atoms with Gasteiger partial charge in [-0.05, 0) is 32.1 Å². The number of nitrogen functional groups attached to an aromatic ring is 1. The van der Waals surface area contributed by atoms with Crippen LogP contribution < -0.4 is 11.1 Å². The molecular formula is C15H23FN4O. The Hall–Kier alpha value is -1.66. The number of nitrogens with zero attached hydrogens (tertiary/aromatic N) is 2. The number of amides is 1. The molecule has 6 heteroatoms. The van der Waals surface area contributed by atoms with Crippen LogP contribution in [0.1, 0.15) is 16.8 Å². The number of carbonyl (C=O) groups excluding carboxylic acids is 1. The summed E-state index contributed by atoms with van der Waals surface area (Å²) in [5.41, 5.74) is 5.68. The van der Waals surface area contributed by atoms with E-state index in [9.17, 15) is 9.18 Å². The zero-order valence-electron chi connectivity index (χ0n) is 12.4. The van der Waals surface area contributed by atoms with Gasteiger partial charge in [-0.2, -0.15) is 0 Å². The lowest BCUT2D eigenvalue weighted by atomic mass is 10.1. The summed E-state index contributed by atoms with van der Waals surface area (Å²) in [6.07, 6.45) is 0.880. The Morgan fingerprint density at radius 2 is 2.05 bits per heavy atom. The monoisotopic (exact) mass is 294 g/mol. The number of benzene rings is 1. The number of hydrogen-bond donors (Lipinski definition) is 2. The van der Waals surface area contributed by atoms with Crippen molar-refractivity contribution in [3.05, 3.63) is 29.6 Å². The first-order chi connectivity index (χ1) is 10.1. The van der Waals surface area contributed by atoms with Crippen LogP contribution in [0, 0.1) is 5.82 Å². The largest absolute Gasteiger partial charge is 0.396 e. The number of para-hydroxylation sites is 1. The molecule has 1 aromatic rings. The Balaban J connectivity index is 1.71. The first kappa shape index (κ1) is 15.7. The SMILES string of the molecule is CN1CCN(CCCNC(=O)c2cccc(F)c2N)CC1. The maximum Gasteiger partial charge on any atom is 0.253 e. The molecule has 5 nitrogen and oxygen atoms in total. The van der Waals surface area contributed by atoms with Gasteiger partial charge >= 0.3 is 0 Å². The van der Waals surface area contributed by atoms with Crippen LogP contribution in [-0.2, 0) is 0 Å². The second-order valence-electron chi connectivity index (χ2n) is 5.46. The number of anilines is 1. The van der Waals surface area contributed by atoms with Gasteiger partial charge in [0, 0.05) is 32.7 Å². The summed E-state index contributed by atoms with van der Waals surface area (Å²) in [5, 5.41) is 2.79. The molecule has 1 saturated heterocycles. The third-order valence-corrected chi connectivity index (χ3v) is 3.83. The molecule has 0 aromatic heterocycles. The molecule has 0 unspecified atom stereocenters. The second kappa shape index (κ2) is 7.38. The van der Waals surface area contributed by atoms with Gasteiger partial charge < -0.3 is 20.9 Å². The van der Waals surface area contributed by atoms with E-state index in [-0.39, 0.29) is 17.2 Å². The number of nitrogens with one attached hydrogen (secondary N) is 1. The number of piperazine rings is 1. The van der Waals surface area contributed by atoms with Crippen molar-refractivity contribution in [3.63, 3.8) is 0 Å². The van der Waals surface area contributed by atoms with Crippen molar-refractivity contribution in [2.45, 2.75) is 6.42 Å². The highest BCUT2D eigenvalue weighted by Gasteiger charge is 2.14. The van der Waals surface area contributed by atoms with E-state index >= 15 is 0 Å². The summed E-state index contributed by atoms with van der Waals surface area (Å²) in [6.45, 7) is 5.86. The number of halogens is 1. The molecule has 1 heterocycles. The highest BCUT2D eigenvalue weighted by atomic mass is 19.1. The van der Waals surface area contributed by atoms with E-state index in [1.165, 1.54) is 18.2 Å². The Morgan fingerprint density at radius 1 is 1.33 bits per heavy atom. The van der Waals surface area contributed by atoms with Crippen molar-refractivity contribution in [3.8, 4) is 0 Å². The lowest BCUT2D eigenvalue weighted by molar-refractivity contribution is 0.0950. The maximum atomic E-state index is 13.3. The molecule has 1 aliphatic rings. The van der Waals surface area contributed by atoms with Crippen molar-refractivity contribution in [2.24, 2.45) is 0 Å². The van der Waals surface area contributed by atoms with Crippen LogP contribution in [0.3, 0.4) is 0 Å². The molecule has 1 fully saturated rings. The molecule has 1 aliphatic heterocycles. The lowest BCUT2D eigenvalue weighted by Gasteiger charge is -2.32. The fraction of sp³-hybridized carbons (Fsp3) is 0.533. The van der Waals surface area contributed by atoms with Gasteiger partial charge in [0.25, 0.3) is 5.91 Å². The third kappa shape index (κ3) is 4.41. The molecule has 0 spiro atoms. The van der Waals surface area contributed by atoms with Crippen LogP contribution >= 0.6 is 0 Å². The van der Waals surface area contributed by atoms with E-state index < -0.39 is 5.82 Å². The van der Waals surface area contributed by atoms with Gasteiger partial charge in [-0.25, -0.2) is 4.39 Å². The molecule has 0 radical (unpaired) electrons. The lowest BCUT2D eigenvalue weighted by Crippen LogP contribution is -2.45. The molecule has 1 amide bonds. The average Bonchev–Trinajstić information content (AvgIpc) is 2.48. The van der Waals surface area contributed by atoms with Crippen LogP contribution in [0.15, 0.2) is 18.2 Å². The van der Waals surface area contributed by atoms with Crippen LogP contribution in [-0.4, -0.2) is 62.0 Å². The minimum Gasteiger partial charge on any atom is -0.396 e. The molecular weight excluding hydrogens is 271 g/mol. The highest BCUT2D eigenvalue weighted by Crippen LogP contribution is 2.15. The minimum absolute atomic E-state index is 0.0888. The van der Waals surface area contributed by atoms with Crippen molar-refractivity contribution >= 4 is 11.6 Å². The van der Waals surface area contributed by atoms with Crippen molar-refractivity contribution in [2.75, 3.05) is 52.0 Å². The van der Waals surface area contributed by atoms with Gasteiger partial charge in [0.05, 0.1) is 11.3 Å². The first-order valence-corrected chi connectivity index (χ1v) is 7.31. The number of hydrogen-bond acceptors (Lipinski definition) is 4. The van der Waals surface area contributed by atoms with Gasteiger partial charge in [0.15, 0.2) is 0 Å². The Bertz CT molecular complexity index is 487. The fourth-order valence-electron chi connectivity index (χ4n) is 2.41. The fourth-order valence-corrected chi connectivity index (χ4v) is 2.41. The van der Waals surface area contributed by atoms with Crippen molar-refractivity contribution < 1.29 is 9.18 Å². The highest BCUT2D eigenvalue weighted by molar-refractivity contribution is 5.99. The molecule has 116 valence electrons. The van der Waals surface area contributed by atoms with E-state index in [0.29, 0.717) is 6.54 Å². The van der Waals surface area contributed by atoms with Gasteiger partial charge in [-0.1, -0.05) is 6.07 Å². The van der Waals surface area contributed by atoms with E-state index in [1.54, 1.807) is 0 Å². The van der Waals surface area contributed by atoms with Crippen LogP contribution in [0.2, 0.25) is 0 Å². The molecule has 0 bridgehead atoms. The van der Waals surface area contributed by atoms with E-state index in [1.807, 2.05) is 0 Å². The number of rotatable bonds is 5. The molecule has 0 atom stereocenters. The van der Waals surface area contributed by atoms with Crippen LogP contribution in [0.5, 0.6) is 0 Å². The smallest absolute Gasteiger partial charge is 0.253 e. The quantitative estimate of drug-likeness (QED) is 0.622. The second-order valence-corrected chi connectivity index (χ2v) is 5.46. The van der Waals surface area contributed by atoms with Gasteiger partial charge in [-0.15, -0.1) is 0 Å². The van der Waals surface area contributed by atoms with E-state index in [4.69, 9.17) is 5.73 Å². The van der Waals surface area contributed by atoms with Crippen LogP contribution in [0.25, 0.3) is 0 Å². The Morgan fingerprint density at radius 3 is 2.76 bits per heavy atom.